The van der Waals surface area contributed by atoms with Crippen molar-refractivity contribution in [3.8, 4) is 6.07 Å². The quantitative estimate of drug-likeness (QED) is 0.503. The number of rotatable bonds is 11. The van der Waals surface area contributed by atoms with Crippen LogP contribution in [0.15, 0.2) is 53.4 Å². The van der Waals surface area contributed by atoms with Crippen molar-refractivity contribution in [3.63, 3.8) is 0 Å². The molecule has 170 valence electrons. The van der Waals surface area contributed by atoms with Gasteiger partial charge in [-0.2, -0.15) is 5.26 Å². The Labute approximate surface area is 189 Å². The Kier molecular flexibility index (Phi) is 9.38. The zero-order valence-electron chi connectivity index (χ0n) is 18.3. The first kappa shape index (κ1) is 25.0. The molecule has 0 atom stereocenters. The minimum absolute atomic E-state index is 0.0135. The molecule has 2 N–H and O–H groups in total. The van der Waals surface area contributed by atoms with E-state index in [1.807, 2.05) is 25.1 Å². The minimum Gasteiger partial charge on any atom is -0.355 e. The molecule has 0 bridgehead atoms. The van der Waals surface area contributed by atoms with Gasteiger partial charge in [-0.3, -0.25) is 9.59 Å². The summed E-state index contributed by atoms with van der Waals surface area (Å²) in [5.41, 5.74) is 2.16. The highest BCUT2D eigenvalue weighted by molar-refractivity contribution is 7.89. The number of carbonyl (C=O) groups excluding carboxylic acids is 2. The Morgan fingerprint density at radius 1 is 1.03 bits per heavy atom. The first-order valence-corrected chi connectivity index (χ1v) is 11.8. The topological polar surface area (TPSA) is 119 Å². The maximum Gasteiger partial charge on any atom is 0.240 e. The molecule has 0 fully saturated rings. The highest BCUT2D eigenvalue weighted by atomic mass is 32.2. The minimum atomic E-state index is -3.68. The number of anilines is 1. The van der Waals surface area contributed by atoms with E-state index in [1.54, 1.807) is 43.3 Å². The average Bonchev–Trinajstić information content (AvgIpc) is 2.78. The number of nitrogens with one attached hydrogen (secondary N) is 2. The number of aryl methyl sites for hydroxylation is 2. The largest absolute Gasteiger partial charge is 0.355 e. The van der Waals surface area contributed by atoms with E-state index in [-0.39, 0.29) is 55.6 Å². The van der Waals surface area contributed by atoms with Gasteiger partial charge in [0.15, 0.2) is 0 Å². The molecule has 0 aromatic heterocycles. The second-order valence-electron chi connectivity index (χ2n) is 7.31. The zero-order valence-corrected chi connectivity index (χ0v) is 19.1. The summed E-state index contributed by atoms with van der Waals surface area (Å²) in [5.74, 6) is -0.602. The number of benzene rings is 2. The first-order valence-electron chi connectivity index (χ1n) is 10.3. The number of sulfonamides is 1. The fraction of sp³-hybridized carbons (Fsp3) is 0.348. The van der Waals surface area contributed by atoms with Crippen LogP contribution in [0.4, 0.5) is 5.69 Å². The van der Waals surface area contributed by atoms with Crippen LogP contribution >= 0.6 is 0 Å². The lowest BCUT2D eigenvalue weighted by molar-refractivity contribution is -0.125. The Morgan fingerprint density at radius 3 is 2.44 bits per heavy atom. The standard InChI is InChI=1S/C23H28N4O4S/c1-18-9-10-19(2)21(17-18)32(30,31)26-15-14-25-22(28)11-12-23(29)27(16-6-13-24)20-7-4-3-5-8-20/h3-5,7-10,17,26H,6,11-12,14-16H2,1-2H3,(H,25,28). The van der Waals surface area contributed by atoms with Crippen LogP contribution in [0.3, 0.4) is 0 Å². The first-order chi connectivity index (χ1) is 15.2. The van der Waals surface area contributed by atoms with E-state index in [1.165, 1.54) is 4.90 Å². The molecular formula is C23H28N4O4S. The van der Waals surface area contributed by atoms with Gasteiger partial charge in [0.05, 0.1) is 17.4 Å². The van der Waals surface area contributed by atoms with Crippen molar-refractivity contribution in [3.05, 3.63) is 59.7 Å². The van der Waals surface area contributed by atoms with Crippen molar-refractivity contribution < 1.29 is 18.0 Å². The predicted molar refractivity (Wildman–Crippen MR) is 122 cm³/mol. The van der Waals surface area contributed by atoms with E-state index in [9.17, 15) is 18.0 Å². The smallest absolute Gasteiger partial charge is 0.240 e. The second-order valence-corrected chi connectivity index (χ2v) is 9.04. The van der Waals surface area contributed by atoms with Gasteiger partial charge >= 0.3 is 0 Å². The molecule has 32 heavy (non-hydrogen) atoms. The lowest BCUT2D eigenvalue weighted by atomic mass is 10.2. The maximum atomic E-state index is 12.6. The zero-order chi connectivity index (χ0) is 23.6. The van der Waals surface area contributed by atoms with E-state index in [0.29, 0.717) is 11.3 Å². The fourth-order valence-electron chi connectivity index (χ4n) is 3.07. The highest BCUT2D eigenvalue weighted by Crippen LogP contribution is 2.17. The number of nitriles is 1. The molecule has 0 saturated carbocycles. The molecule has 0 spiro atoms. The summed E-state index contributed by atoms with van der Waals surface area (Å²) in [7, 11) is -3.68. The molecule has 2 amide bonds. The number of amides is 2. The van der Waals surface area contributed by atoms with E-state index >= 15 is 0 Å². The van der Waals surface area contributed by atoms with Crippen molar-refractivity contribution in [1.29, 1.82) is 5.26 Å². The van der Waals surface area contributed by atoms with Crippen LogP contribution in [0.1, 0.15) is 30.4 Å². The number of para-hydroxylation sites is 1. The van der Waals surface area contributed by atoms with Crippen LogP contribution in [-0.2, 0) is 19.6 Å². The van der Waals surface area contributed by atoms with E-state index < -0.39 is 10.0 Å². The van der Waals surface area contributed by atoms with Gasteiger partial charge < -0.3 is 10.2 Å². The molecule has 0 unspecified atom stereocenters. The van der Waals surface area contributed by atoms with Crippen LogP contribution in [0.2, 0.25) is 0 Å². The van der Waals surface area contributed by atoms with Gasteiger partial charge in [-0.25, -0.2) is 13.1 Å². The summed E-state index contributed by atoms with van der Waals surface area (Å²) < 4.78 is 27.4. The predicted octanol–water partition coefficient (Wildman–Crippen LogP) is 2.43. The fourth-order valence-corrected chi connectivity index (χ4v) is 4.43. The van der Waals surface area contributed by atoms with Crippen molar-refractivity contribution >= 4 is 27.5 Å². The molecule has 2 rings (SSSR count). The normalized spacial score (nSPS) is 10.9. The van der Waals surface area contributed by atoms with Crippen molar-refractivity contribution in [2.75, 3.05) is 24.5 Å². The number of hydrogen-bond acceptors (Lipinski definition) is 5. The van der Waals surface area contributed by atoms with Crippen LogP contribution in [-0.4, -0.2) is 39.9 Å². The molecule has 0 aliphatic heterocycles. The Bertz CT molecular complexity index is 1080. The van der Waals surface area contributed by atoms with Crippen LogP contribution < -0.4 is 14.9 Å². The molecule has 2 aromatic carbocycles. The van der Waals surface area contributed by atoms with Crippen molar-refractivity contribution in [1.82, 2.24) is 10.0 Å². The van der Waals surface area contributed by atoms with E-state index in [0.717, 1.165) is 5.56 Å². The van der Waals surface area contributed by atoms with Gasteiger partial charge in [0.2, 0.25) is 21.8 Å². The van der Waals surface area contributed by atoms with Gasteiger partial charge in [-0.1, -0.05) is 30.3 Å². The Balaban J connectivity index is 1.81. The van der Waals surface area contributed by atoms with Crippen LogP contribution in [0, 0.1) is 25.2 Å². The molecule has 9 heteroatoms. The summed E-state index contributed by atoms with van der Waals surface area (Å²) in [6, 6.07) is 16.2. The Morgan fingerprint density at radius 2 is 1.75 bits per heavy atom. The second kappa shape index (κ2) is 12.0. The van der Waals surface area contributed by atoms with Gasteiger partial charge in [0.1, 0.15) is 0 Å². The van der Waals surface area contributed by atoms with Crippen LogP contribution in [0.25, 0.3) is 0 Å². The highest BCUT2D eigenvalue weighted by Gasteiger charge is 2.18. The van der Waals surface area contributed by atoms with Gasteiger partial charge in [-0.05, 0) is 43.2 Å². The molecule has 0 heterocycles. The molecule has 0 radical (unpaired) electrons. The molecule has 0 aliphatic carbocycles. The molecule has 2 aromatic rings. The molecule has 0 aliphatic rings. The monoisotopic (exact) mass is 456 g/mol. The molecule has 0 saturated heterocycles. The SMILES string of the molecule is Cc1ccc(C)c(S(=O)(=O)NCCNC(=O)CCC(=O)N(CCC#N)c2ccccc2)c1. The van der Waals surface area contributed by atoms with E-state index in [2.05, 4.69) is 10.0 Å². The van der Waals surface area contributed by atoms with Crippen molar-refractivity contribution in [2.45, 2.75) is 38.0 Å². The van der Waals surface area contributed by atoms with E-state index in [4.69, 9.17) is 5.26 Å². The average molecular weight is 457 g/mol. The van der Waals surface area contributed by atoms with Gasteiger partial charge in [-0.15, -0.1) is 0 Å². The van der Waals surface area contributed by atoms with Gasteiger partial charge in [0.25, 0.3) is 0 Å². The third-order valence-corrected chi connectivity index (χ3v) is 6.36. The summed E-state index contributed by atoms with van der Waals surface area (Å²) in [4.78, 5) is 26.4. The lowest BCUT2D eigenvalue weighted by Crippen LogP contribution is -2.36. The lowest BCUT2D eigenvalue weighted by Gasteiger charge is -2.21. The molecular weight excluding hydrogens is 428 g/mol. The summed E-state index contributed by atoms with van der Waals surface area (Å²) in [5, 5.41) is 11.5. The maximum absolute atomic E-state index is 12.6. The number of hydrogen-bond donors (Lipinski definition) is 2. The molecule has 8 nitrogen and oxygen atoms in total. The Hall–Kier alpha value is -3.22. The number of nitrogens with zero attached hydrogens (tertiary/aromatic N) is 2. The third kappa shape index (κ3) is 7.48. The van der Waals surface area contributed by atoms with Crippen LogP contribution in [0.5, 0.6) is 0 Å². The number of carbonyl (C=O) groups is 2. The van der Waals surface area contributed by atoms with Crippen molar-refractivity contribution in [2.24, 2.45) is 0 Å². The van der Waals surface area contributed by atoms with Gasteiger partial charge in [0, 0.05) is 38.2 Å². The summed E-state index contributed by atoms with van der Waals surface area (Å²) in [6.45, 7) is 3.93. The summed E-state index contributed by atoms with van der Waals surface area (Å²) >= 11 is 0. The summed E-state index contributed by atoms with van der Waals surface area (Å²) in [6.07, 6.45) is 0.145. The third-order valence-electron chi connectivity index (χ3n) is 4.75.